The van der Waals surface area contributed by atoms with E-state index in [1.54, 1.807) is 11.1 Å². The lowest BCUT2D eigenvalue weighted by atomic mass is 9.26. The molecule has 4 saturated carbocycles. The molecule has 0 aromatic heterocycles. The van der Waals surface area contributed by atoms with Gasteiger partial charge >= 0.3 is 0 Å². The van der Waals surface area contributed by atoms with Crippen LogP contribution in [-0.2, 0) is 16.2 Å². The predicted octanol–water partition coefficient (Wildman–Crippen LogP) is 14.1. The lowest BCUT2D eigenvalue weighted by Crippen LogP contribution is -2.74. The molecule has 2 heteroatoms. The van der Waals surface area contributed by atoms with Gasteiger partial charge in [0.15, 0.2) is 0 Å². The molecule has 0 amide bonds. The van der Waals surface area contributed by atoms with Crippen LogP contribution >= 0.6 is 11.8 Å². The lowest BCUT2D eigenvalue weighted by molar-refractivity contribution is -0.235. The van der Waals surface area contributed by atoms with Gasteiger partial charge in [-0.05, 0) is 171 Å². The Kier molecular flexibility index (Phi) is 6.36. The van der Waals surface area contributed by atoms with Crippen LogP contribution in [0, 0.1) is 29.1 Å². The average Bonchev–Trinajstić information content (AvgIpc) is 3.72. The van der Waals surface area contributed by atoms with E-state index in [4.69, 9.17) is 0 Å². The molecule has 12 rings (SSSR count). The molecule has 54 heavy (non-hydrogen) atoms. The van der Waals surface area contributed by atoms with Crippen LogP contribution in [0.4, 0.5) is 17.1 Å². The van der Waals surface area contributed by atoms with E-state index in [1.165, 1.54) is 98.4 Å². The Morgan fingerprint density at radius 2 is 1.24 bits per heavy atom. The van der Waals surface area contributed by atoms with Crippen LogP contribution in [0.5, 0.6) is 0 Å². The molecule has 6 aromatic rings. The lowest BCUT2D eigenvalue weighted by Gasteiger charge is -2.78. The van der Waals surface area contributed by atoms with Crippen LogP contribution in [0.15, 0.2) is 137 Å². The summed E-state index contributed by atoms with van der Waals surface area (Å²) in [5.41, 5.74) is 13.8. The van der Waals surface area contributed by atoms with Gasteiger partial charge in [0.05, 0.1) is 0 Å². The summed E-state index contributed by atoms with van der Waals surface area (Å²) < 4.78 is 0. The molecule has 6 atom stereocenters. The molecule has 5 aliphatic carbocycles. The van der Waals surface area contributed by atoms with Crippen molar-refractivity contribution in [1.82, 2.24) is 0 Å². The van der Waals surface area contributed by atoms with Gasteiger partial charge in [0.1, 0.15) is 0 Å². The first-order valence-corrected chi connectivity index (χ1v) is 21.5. The Morgan fingerprint density at radius 3 is 2.09 bits per heavy atom. The van der Waals surface area contributed by atoms with Crippen LogP contribution in [0.1, 0.15) is 88.5 Å². The smallest absolute Gasteiger partial charge is 0.0468 e. The fourth-order valence-electron chi connectivity index (χ4n) is 13.7. The number of hydrogen-bond donors (Lipinski definition) is 0. The summed E-state index contributed by atoms with van der Waals surface area (Å²) >= 11 is 2.01. The fourth-order valence-corrected chi connectivity index (χ4v) is 14.9. The van der Waals surface area contributed by atoms with Gasteiger partial charge in [0.2, 0.25) is 0 Å². The summed E-state index contributed by atoms with van der Waals surface area (Å²) in [7, 11) is 0. The van der Waals surface area contributed by atoms with E-state index < -0.39 is 0 Å². The molecule has 1 nitrogen and oxygen atoms in total. The molecule has 6 aliphatic rings. The second-order valence-electron chi connectivity index (χ2n) is 19.2. The van der Waals surface area contributed by atoms with Crippen molar-refractivity contribution in [3.05, 3.63) is 150 Å². The van der Waals surface area contributed by atoms with Gasteiger partial charge in [-0.1, -0.05) is 118 Å². The SMILES string of the molecule is CC1(C)CCC(C)(C)c2c(-c3ccc(N(c4ccc5c(c4)C4(c6ccccc6S5)C5CC6CC7CC4C75C6)c4ccc5ccccc5c4)cc3)cccc21. The Balaban J connectivity index is 1.02. The van der Waals surface area contributed by atoms with Crippen molar-refractivity contribution in [1.29, 1.82) is 0 Å². The second kappa shape index (κ2) is 10.7. The van der Waals surface area contributed by atoms with Crippen LogP contribution < -0.4 is 4.90 Å². The second-order valence-corrected chi connectivity index (χ2v) is 20.3. The molecular weight excluding hydrogens is 671 g/mol. The number of benzene rings is 6. The molecular formula is C52H49NS. The molecule has 268 valence electrons. The van der Waals surface area contributed by atoms with Crippen molar-refractivity contribution in [3.8, 4) is 11.1 Å². The van der Waals surface area contributed by atoms with Crippen LogP contribution in [0.2, 0.25) is 0 Å². The molecule has 2 spiro atoms. The maximum absolute atomic E-state index is 2.64. The topological polar surface area (TPSA) is 3.24 Å². The predicted molar refractivity (Wildman–Crippen MR) is 226 cm³/mol. The zero-order valence-corrected chi connectivity index (χ0v) is 32.8. The van der Waals surface area contributed by atoms with Gasteiger partial charge in [0, 0.05) is 32.3 Å². The van der Waals surface area contributed by atoms with Crippen LogP contribution in [0.25, 0.3) is 21.9 Å². The van der Waals surface area contributed by atoms with E-state index in [9.17, 15) is 0 Å². The number of anilines is 3. The molecule has 0 saturated heterocycles. The quantitative estimate of drug-likeness (QED) is 0.178. The largest absolute Gasteiger partial charge is 0.310 e. The zero-order chi connectivity index (χ0) is 36.2. The first kappa shape index (κ1) is 32.0. The first-order chi connectivity index (χ1) is 26.2. The van der Waals surface area contributed by atoms with E-state index in [0.29, 0.717) is 5.41 Å². The molecule has 1 heterocycles. The summed E-state index contributed by atoms with van der Waals surface area (Å²) in [6.07, 6.45) is 8.27. The van der Waals surface area contributed by atoms with Gasteiger partial charge < -0.3 is 4.90 Å². The van der Waals surface area contributed by atoms with Gasteiger partial charge in [0.25, 0.3) is 0 Å². The van der Waals surface area contributed by atoms with Crippen molar-refractivity contribution in [3.63, 3.8) is 0 Å². The molecule has 1 aliphatic heterocycles. The maximum atomic E-state index is 2.64. The highest BCUT2D eigenvalue weighted by Gasteiger charge is 2.84. The minimum absolute atomic E-state index is 0.144. The van der Waals surface area contributed by atoms with E-state index >= 15 is 0 Å². The van der Waals surface area contributed by atoms with Crippen molar-refractivity contribution in [2.45, 2.75) is 92.3 Å². The van der Waals surface area contributed by atoms with E-state index in [2.05, 4.69) is 160 Å². The van der Waals surface area contributed by atoms with Crippen LogP contribution in [0.3, 0.4) is 0 Å². The summed E-state index contributed by atoms with van der Waals surface area (Å²) in [6.45, 7) is 9.76. The molecule has 2 bridgehead atoms. The normalized spacial score (nSPS) is 29.8. The third-order valence-corrected chi connectivity index (χ3v) is 17.2. The van der Waals surface area contributed by atoms with E-state index in [0.717, 1.165) is 23.7 Å². The standard InChI is InChI=1S/C52H49NS/c1-49(2)24-25-50(3,4)48-40(12-9-14-42(48)49)34-17-19-37(20-18-34)53(38-21-16-33-10-5-6-11-35(33)28-38)39-22-23-45-43(30-39)52(41-13-7-8-15-44(41)54-45)46-27-32-26-36-29-47(52)51(36,46)31-32/h5-23,28,30,32,36,46-47H,24-27,29,31H2,1-4H3. The van der Waals surface area contributed by atoms with Gasteiger partial charge in [-0.15, -0.1) is 0 Å². The zero-order valence-electron chi connectivity index (χ0n) is 32.0. The third-order valence-electron chi connectivity index (χ3n) is 16.0. The first-order valence-electron chi connectivity index (χ1n) is 20.6. The summed E-state index contributed by atoms with van der Waals surface area (Å²) in [5.74, 6) is 3.48. The Labute approximate surface area is 325 Å². The highest BCUT2D eigenvalue weighted by atomic mass is 32.2. The fraction of sp³-hybridized carbons (Fsp3) is 0.346. The Bertz CT molecular complexity index is 2540. The average molecular weight is 720 g/mol. The number of fused-ring (bicyclic) bond motifs is 9. The molecule has 0 radical (unpaired) electrons. The summed E-state index contributed by atoms with van der Waals surface area (Å²) in [4.78, 5) is 5.52. The summed E-state index contributed by atoms with van der Waals surface area (Å²) in [5, 5.41) is 2.56. The van der Waals surface area contributed by atoms with Crippen molar-refractivity contribution < 1.29 is 0 Å². The molecule has 6 aromatic carbocycles. The van der Waals surface area contributed by atoms with E-state index in [1.807, 2.05) is 11.8 Å². The highest BCUT2D eigenvalue weighted by molar-refractivity contribution is 7.99. The minimum atomic E-state index is 0.144. The van der Waals surface area contributed by atoms with Crippen molar-refractivity contribution in [2.75, 3.05) is 4.90 Å². The van der Waals surface area contributed by atoms with Crippen molar-refractivity contribution >= 4 is 39.6 Å². The third kappa shape index (κ3) is 3.98. The molecule has 0 N–H and O–H groups in total. The highest BCUT2D eigenvalue weighted by Crippen LogP contribution is 2.89. The van der Waals surface area contributed by atoms with Crippen LogP contribution in [-0.4, -0.2) is 0 Å². The summed E-state index contributed by atoms with van der Waals surface area (Å²) in [6, 6.07) is 49.4. The number of nitrogens with zero attached hydrogens (tertiary/aromatic N) is 1. The minimum Gasteiger partial charge on any atom is -0.310 e. The Morgan fingerprint density at radius 1 is 0.556 bits per heavy atom. The van der Waals surface area contributed by atoms with Gasteiger partial charge in [-0.3, -0.25) is 0 Å². The molecule has 4 fully saturated rings. The monoisotopic (exact) mass is 719 g/mol. The number of rotatable bonds is 4. The van der Waals surface area contributed by atoms with Gasteiger partial charge in [-0.25, -0.2) is 0 Å². The van der Waals surface area contributed by atoms with Gasteiger partial charge in [-0.2, -0.15) is 0 Å². The van der Waals surface area contributed by atoms with Crippen molar-refractivity contribution in [2.24, 2.45) is 29.1 Å². The molecule has 6 unspecified atom stereocenters. The Hall–Kier alpha value is -4.27. The maximum Gasteiger partial charge on any atom is 0.0468 e. The van der Waals surface area contributed by atoms with E-state index in [-0.39, 0.29) is 16.2 Å². The number of hydrogen-bond acceptors (Lipinski definition) is 2.